The fourth-order valence-corrected chi connectivity index (χ4v) is 3.91. The van der Waals surface area contributed by atoms with Crippen LogP contribution >= 0.6 is 11.8 Å². The molecule has 3 aromatic rings. The van der Waals surface area contributed by atoms with Crippen LogP contribution in [0.25, 0.3) is 11.0 Å². The summed E-state index contributed by atoms with van der Waals surface area (Å²) in [5, 5.41) is 7.95. The van der Waals surface area contributed by atoms with Crippen LogP contribution < -0.4 is 4.84 Å². The van der Waals surface area contributed by atoms with Crippen LogP contribution in [0.5, 0.6) is 0 Å². The molecule has 26 heavy (non-hydrogen) atoms. The Kier molecular flexibility index (Phi) is 5.49. The Labute approximate surface area is 157 Å². The van der Waals surface area contributed by atoms with Crippen LogP contribution in [0, 0.1) is 6.92 Å². The number of hydrogen-bond donors (Lipinski definition) is 0. The van der Waals surface area contributed by atoms with E-state index in [2.05, 4.69) is 41.5 Å². The molecule has 2 aromatic carbocycles. The fourth-order valence-electron chi connectivity index (χ4n) is 2.26. The van der Waals surface area contributed by atoms with Gasteiger partial charge in [0.2, 0.25) is 10.0 Å². The van der Waals surface area contributed by atoms with E-state index in [1.54, 1.807) is 17.8 Å². The first-order valence-electron chi connectivity index (χ1n) is 7.99. The van der Waals surface area contributed by atoms with Gasteiger partial charge in [0, 0.05) is 24.7 Å². The molecule has 0 aliphatic rings. The summed E-state index contributed by atoms with van der Waals surface area (Å²) < 4.78 is 25.7. The van der Waals surface area contributed by atoms with Gasteiger partial charge in [0.1, 0.15) is 17.6 Å². The zero-order chi connectivity index (χ0) is 18.7. The van der Waals surface area contributed by atoms with Crippen LogP contribution in [0.3, 0.4) is 0 Å². The Balaban J connectivity index is 1.69. The lowest BCUT2D eigenvalue weighted by Crippen LogP contribution is -2.22. The van der Waals surface area contributed by atoms with Crippen molar-refractivity contribution >= 4 is 32.8 Å². The number of nitrogens with zero attached hydrogens (tertiary/aromatic N) is 4. The zero-order valence-corrected chi connectivity index (χ0v) is 16.4. The third-order valence-corrected chi connectivity index (χ3v) is 6.54. The van der Waals surface area contributed by atoms with Crippen molar-refractivity contribution in [2.45, 2.75) is 16.7 Å². The molecule has 0 aliphatic heterocycles. The van der Waals surface area contributed by atoms with E-state index in [0.29, 0.717) is 17.6 Å². The van der Waals surface area contributed by atoms with Crippen molar-refractivity contribution in [3.63, 3.8) is 0 Å². The maximum atomic E-state index is 12.3. The molecule has 0 atom stereocenters. The number of sulfonamides is 1. The van der Waals surface area contributed by atoms with Crippen molar-refractivity contribution < 1.29 is 13.3 Å². The molecule has 0 fully saturated rings. The minimum Gasteiger partial charge on any atom is -0.394 e. The minimum atomic E-state index is -3.52. The summed E-state index contributed by atoms with van der Waals surface area (Å²) in [6.07, 6.45) is 0. The molecule has 0 amide bonds. The molecule has 0 radical (unpaired) electrons. The molecule has 0 saturated carbocycles. The first kappa shape index (κ1) is 18.7. The van der Waals surface area contributed by atoms with Crippen LogP contribution in [0.2, 0.25) is 0 Å². The lowest BCUT2D eigenvalue weighted by Gasteiger charge is -2.11. The van der Waals surface area contributed by atoms with E-state index < -0.39 is 10.0 Å². The molecule has 0 bridgehead atoms. The second-order valence-corrected chi connectivity index (χ2v) is 9.22. The van der Waals surface area contributed by atoms with E-state index in [-0.39, 0.29) is 4.90 Å². The molecule has 0 N–H and O–H groups in total. The van der Waals surface area contributed by atoms with Crippen molar-refractivity contribution in [3.05, 3.63) is 48.0 Å². The lowest BCUT2D eigenvalue weighted by atomic mass is 10.2. The summed E-state index contributed by atoms with van der Waals surface area (Å²) in [6, 6.07) is 13.0. The molecule has 0 aliphatic carbocycles. The molecule has 1 aromatic heterocycles. The summed E-state index contributed by atoms with van der Waals surface area (Å²) in [6.45, 7) is 2.47. The highest BCUT2D eigenvalue weighted by Gasteiger charge is 2.19. The van der Waals surface area contributed by atoms with Gasteiger partial charge in [0.25, 0.3) is 0 Å². The molecule has 9 heteroatoms. The van der Waals surface area contributed by atoms with E-state index in [9.17, 15) is 8.42 Å². The second kappa shape index (κ2) is 7.65. The smallest absolute Gasteiger partial charge is 0.242 e. The number of rotatable bonds is 7. The Hall–Kier alpha value is -2.10. The molecule has 1 heterocycles. The van der Waals surface area contributed by atoms with E-state index >= 15 is 0 Å². The summed E-state index contributed by atoms with van der Waals surface area (Å²) in [7, 11) is -0.535. The van der Waals surface area contributed by atoms with Crippen molar-refractivity contribution in [3.8, 4) is 0 Å². The Morgan fingerprint density at radius 1 is 1.15 bits per heavy atom. The topological polar surface area (TPSA) is 77.3 Å². The number of aromatic nitrogens is 3. The lowest BCUT2D eigenvalue weighted by molar-refractivity contribution is 0.0999. The van der Waals surface area contributed by atoms with Crippen molar-refractivity contribution in [1.82, 2.24) is 19.5 Å². The molecule has 0 saturated heterocycles. The monoisotopic (exact) mass is 392 g/mol. The SMILES string of the molecule is Cc1ccc(SCCOn2nnc3ccc(S(=O)(=O)N(C)C)cc32)cc1. The molecule has 3 rings (SSSR count). The van der Waals surface area contributed by atoms with Gasteiger partial charge in [-0.25, -0.2) is 12.7 Å². The molecule has 0 spiro atoms. The van der Waals surface area contributed by atoms with Gasteiger partial charge in [-0.3, -0.25) is 0 Å². The highest BCUT2D eigenvalue weighted by atomic mass is 32.2. The zero-order valence-electron chi connectivity index (χ0n) is 14.8. The highest BCUT2D eigenvalue weighted by molar-refractivity contribution is 7.99. The first-order chi connectivity index (χ1) is 12.4. The van der Waals surface area contributed by atoms with E-state index in [4.69, 9.17) is 4.84 Å². The van der Waals surface area contributed by atoms with Crippen LogP contribution in [0.1, 0.15) is 5.56 Å². The highest BCUT2D eigenvalue weighted by Crippen LogP contribution is 2.20. The quantitative estimate of drug-likeness (QED) is 0.453. The van der Waals surface area contributed by atoms with Gasteiger partial charge in [-0.05, 0) is 42.5 Å². The minimum absolute atomic E-state index is 0.177. The van der Waals surface area contributed by atoms with Gasteiger partial charge in [-0.1, -0.05) is 22.5 Å². The van der Waals surface area contributed by atoms with E-state index in [0.717, 1.165) is 5.75 Å². The average molecular weight is 393 g/mol. The van der Waals surface area contributed by atoms with Crippen LogP contribution in [0.4, 0.5) is 0 Å². The number of aryl methyl sites for hydroxylation is 1. The van der Waals surface area contributed by atoms with Gasteiger partial charge in [-0.2, -0.15) is 0 Å². The number of fused-ring (bicyclic) bond motifs is 1. The van der Waals surface area contributed by atoms with Gasteiger partial charge in [0.05, 0.1) is 4.90 Å². The molecular weight excluding hydrogens is 372 g/mol. The Morgan fingerprint density at radius 3 is 2.58 bits per heavy atom. The van der Waals surface area contributed by atoms with Crippen LogP contribution in [-0.2, 0) is 10.0 Å². The van der Waals surface area contributed by atoms with Crippen molar-refractivity contribution in [2.24, 2.45) is 0 Å². The molecule has 138 valence electrons. The molecule has 0 unspecified atom stereocenters. The normalized spacial score (nSPS) is 12.0. The summed E-state index contributed by atoms with van der Waals surface area (Å²) >= 11 is 1.68. The van der Waals surface area contributed by atoms with Gasteiger partial charge >= 0.3 is 0 Å². The predicted octanol–water partition coefficient (Wildman–Crippen LogP) is 2.21. The Morgan fingerprint density at radius 2 is 1.88 bits per heavy atom. The van der Waals surface area contributed by atoms with E-state index in [1.165, 1.54) is 45.8 Å². The first-order valence-corrected chi connectivity index (χ1v) is 10.4. The summed E-state index contributed by atoms with van der Waals surface area (Å²) in [5.41, 5.74) is 2.32. The third kappa shape index (κ3) is 4.00. The Bertz CT molecular complexity index is 999. The number of thioether (sulfide) groups is 1. The van der Waals surface area contributed by atoms with Crippen molar-refractivity contribution in [1.29, 1.82) is 0 Å². The third-order valence-electron chi connectivity index (χ3n) is 3.75. The van der Waals surface area contributed by atoms with Gasteiger partial charge in [0.15, 0.2) is 0 Å². The van der Waals surface area contributed by atoms with E-state index in [1.807, 2.05) is 0 Å². The standard InChI is InChI=1S/C17H20N4O3S2/c1-13-4-6-14(7-5-13)25-11-10-24-21-17-12-15(26(22,23)20(2)3)8-9-16(17)18-19-21/h4-9,12H,10-11H2,1-3H3. The average Bonchev–Trinajstić information content (AvgIpc) is 3.02. The molecule has 7 nitrogen and oxygen atoms in total. The second-order valence-electron chi connectivity index (χ2n) is 5.90. The summed E-state index contributed by atoms with van der Waals surface area (Å²) in [4.78, 5) is 8.27. The largest absolute Gasteiger partial charge is 0.394 e. The maximum absolute atomic E-state index is 12.3. The van der Waals surface area contributed by atoms with Crippen LogP contribution in [0.15, 0.2) is 52.3 Å². The fraction of sp³-hybridized carbons (Fsp3) is 0.294. The number of benzene rings is 2. The van der Waals surface area contributed by atoms with Gasteiger partial charge < -0.3 is 4.84 Å². The van der Waals surface area contributed by atoms with Crippen molar-refractivity contribution in [2.75, 3.05) is 26.5 Å². The van der Waals surface area contributed by atoms with Crippen LogP contribution in [-0.4, -0.2) is 54.3 Å². The maximum Gasteiger partial charge on any atom is 0.242 e. The molecular formula is C17H20N4O3S2. The predicted molar refractivity (Wildman–Crippen MR) is 102 cm³/mol. The van der Waals surface area contributed by atoms with Gasteiger partial charge in [-0.15, -0.1) is 16.9 Å². The summed E-state index contributed by atoms with van der Waals surface area (Å²) in [5.74, 6) is 0.736. The number of hydrogen-bond acceptors (Lipinski definition) is 6.